The average Bonchev–Trinajstić information content (AvgIpc) is 2.70. The van der Waals surface area contributed by atoms with Crippen LogP contribution in [-0.2, 0) is 10.2 Å². The summed E-state index contributed by atoms with van der Waals surface area (Å²) in [5.41, 5.74) is 5.54. The molecule has 1 fully saturated rings. The summed E-state index contributed by atoms with van der Waals surface area (Å²) in [6.07, 6.45) is -1.78. The Hall–Kier alpha value is -0.380. The molecule has 18 heavy (non-hydrogen) atoms. The van der Waals surface area contributed by atoms with Crippen LogP contribution in [0.4, 0.5) is 13.2 Å². The fourth-order valence-electron chi connectivity index (χ4n) is 2.14. The molecule has 2 atom stereocenters. The monoisotopic (exact) mass is 289 g/mol. The van der Waals surface area contributed by atoms with E-state index >= 15 is 0 Å². The maximum absolute atomic E-state index is 11.9. The van der Waals surface area contributed by atoms with Gasteiger partial charge in [-0.15, -0.1) is 0 Å². The van der Waals surface area contributed by atoms with E-state index in [0.717, 1.165) is 19.3 Å². The summed E-state index contributed by atoms with van der Waals surface area (Å²) in [6, 6.07) is 0. The predicted octanol–water partition coefficient (Wildman–Crippen LogP) is 0.348. The van der Waals surface area contributed by atoms with Gasteiger partial charge in [0.05, 0.1) is 0 Å². The van der Waals surface area contributed by atoms with Gasteiger partial charge in [0, 0.05) is 6.54 Å². The second kappa shape index (κ2) is 6.18. The van der Waals surface area contributed by atoms with Crippen molar-refractivity contribution in [2.75, 3.05) is 19.6 Å². The van der Waals surface area contributed by atoms with E-state index in [1.165, 1.54) is 4.72 Å². The molecule has 9 heteroatoms. The van der Waals surface area contributed by atoms with Gasteiger partial charge in [-0.3, -0.25) is 0 Å². The zero-order chi connectivity index (χ0) is 13.8. The van der Waals surface area contributed by atoms with Crippen LogP contribution >= 0.6 is 0 Å². The van der Waals surface area contributed by atoms with Crippen LogP contribution in [-0.4, -0.2) is 34.2 Å². The normalized spacial score (nSPS) is 25.6. The molecule has 0 aromatic carbocycles. The molecule has 2 unspecified atom stereocenters. The molecule has 1 rings (SSSR count). The SMILES string of the molecule is NCC1CCCC1CNS(=O)(=O)NCC(F)(F)F. The highest BCUT2D eigenvalue weighted by molar-refractivity contribution is 7.87. The topological polar surface area (TPSA) is 84.2 Å². The van der Waals surface area contributed by atoms with Crippen molar-refractivity contribution in [1.82, 2.24) is 9.44 Å². The van der Waals surface area contributed by atoms with Gasteiger partial charge in [0.25, 0.3) is 10.2 Å². The molecule has 4 N–H and O–H groups in total. The van der Waals surface area contributed by atoms with Crippen molar-refractivity contribution in [2.24, 2.45) is 17.6 Å². The van der Waals surface area contributed by atoms with Crippen molar-refractivity contribution in [3.8, 4) is 0 Å². The Morgan fingerprint density at radius 3 is 2.33 bits per heavy atom. The van der Waals surface area contributed by atoms with Crippen LogP contribution in [0.2, 0.25) is 0 Å². The number of nitrogens with two attached hydrogens (primary N) is 1. The summed E-state index contributed by atoms with van der Waals surface area (Å²) < 4.78 is 61.8. The molecular formula is C9H18F3N3O2S. The Kier molecular flexibility index (Phi) is 5.38. The molecular weight excluding hydrogens is 271 g/mol. The van der Waals surface area contributed by atoms with Gasteiger partial charge >= 0.3 is 6.18 Å². The zero-order valence-electron chi connectivity index (χ0n) is 9.83. The van der Waals surface area contributed by atoms with Crippen molar-refractivity contribution in [3.05, 3.63) is 0 Å². The molecule has 1 aliphatic rings. The molecule has 0 radical (unpaired) electrons. The molecule has 108 valence electrons. The Labute approximate surface area is 104 Å². The lowest BCUT2D eigenvalue weighted by Gasteiger charge is -2.18. The molecule has 0 aliphatic heterocycles. The lowest BCUT2D eigenvalue weighted by atomic mass is 9.97. The molecule has 0 amide bonds. The fraction of sp³-hybridized carbons (Fsp3) is 1.00. The van der Waals surface area contributed by atoms with Crippen LogP contribution in [0, 0.1) is 11.8 Å². The highest BCUT2D eigenvalue weighted by Crippen LogP contribution is 2.30. The lowest BCUT2D eigenvalue weighted by Crippen LogP contribution is -2.43. The quantitative estimate of drug-likeness (QED) is 0.659. The third kappa shape index (κ3) is 5.51. The maximum Gasteiger partial charge on any atom is 0.402 e. The highest BCUT2D eigenvalue weighted by atomic mass is 32.2. The van der Waals surface area contributed by atoms with Crippen LogP contribution < -0.4 is 15.2 Å². The molecule has 0 aromatic heterocycles. The van der Waals surface area contributed by atoms with E-state index in [9.17, 15) is 21.6 Å². The predicted molar refractivity (Wildman–Crippen MR) is 60.9 cm³/mol. The summed E-state index contributed by atoms with van der Waals surface area (Å²) >= 11 is 0. The molecule has 0 heterocycles. The van der Waals surface area contributed by atoms with E-state index in [-0.39, 0.29) is 18.4 Å². The zero-order valence-corrected chi connectivity index (χ0v) is 10.6. The molecule has 1 saturated carbocycles. The summed E-state index contributed by atoms with van der Waals surface area (Å²) in [5, 5.41) is 0. The number of alkyl halides is 3. The largest absolute Gasteiger partial charge is 0.402 e. The Morgan fingerprint density at radius 2 is 1.78 bits per heavy atom. The minimum Gasteiger partial charge on any atom is -0.330 e. The molecule has 0 bridgehead atoms. The average molecular weight is 289 g/mol. The minimum atomic E-state index is -4.55. The Morgan fingerprint density at radius 1 is 1.17 bits per heavy atom. The van der Waals surface area contributed by atoms with Crippen LogP contribution in [0.3, 0.4) is 0 Å². The van der Waals surface area contributed by atoms with Gasteiger partial charge in [0.1, 0.15) is 6.54 Å². The van der Waals surface area contributed by atoms with Crippen molar-refractivity contribution in [1.29, 1.82) is 0 Å². The fourth-order valence-corrected chi connectivity index (χ4v) is 3.03. The van der Waals surface area contributed by atoms with Gasteiger partial charge in [-0.25, -0.2) is 4.72 Å². The minimum absolute atomic E-state index is 0.109. The van der Waals surface area contributed by atoms with Gasteiger partial charge in [-0.2, -0.15) is 26.3 Å². The van der Waals surface area contributed by atoms with Crippen LogP contribution in [0.15, 0.2) is 0 Å². The number of nitrogens with one attached hydrogen (secondary N) is 2. The second-order valence-corrected chi connectivity index (χ2v) is 6.06. The van der Waals surface area contributed by atoms with E-state index in [4.69, 9.17) is 5.73 Å². The van der Waals surface area contributed by atoms with Gasteiger partial charge < -0.3 is 5.73 Å². The summed E-state index contributed by atoms with van der Waals surface area (Å²) in [6.45, 7) is -0.954. The van der Waals surface area contributed by atoms with Gasteiger partial charge in [-0.1, -0.05) is 6.42 Å². The molecule has 0 aromatic rings. The number of halogens is 3. The van der Waals surface area contributed by atoms with Crippen LogP contribution in [0.1, 0.15) is 19.3 Å². The summed E-state index contributed by atoms with van der Waals surface area (Å²) in [5.74, 6) is 0.354. The molecule has 0 saturated heterocycles. The number of rotatable bonds is 6. The first-order valence-electron chi connectivity index (χ1n) is 5.74. The molecule has 1 aliphatic carbocycles. The Bertz CT molecular complexity index is 359. The third-order valence-electron chi connectivity index (χ3n) is 3.12. The molecule has 5 nitrogen and oxygen atoms in total. The Balaban J connectivity index is 2.37. The summed E-state index contributed by atoms with van der Waals surface area (Å²) in [7, 11) is -4.09. The third-order valence-corrected chi connectivity index (χ3v) is 4.19. The van der Waals surface area contributed by atoms with E-state index in [2.05, 4.69) is 4.72 Å². The van der Waals surface area contributed by atoms with Gasteiger partial charge in [0.2, 0.25) is 0 Å². The van der Waals surface area contributed by atoms with Crippen LogP contribution in [0.25, 0.3) is 0 Å². The first-order valence-corrected chi connectivity index (χ1v) is 7.23. The van der Waals surface area contributed by atoms with Gasteiger partial charge in [-0.05, 0) is 31.2 Å². The van der Waals surface area contributed by atoms with E-state index in [1.807, 2.05) is 0 Å². The van der Waals surface area contributed by atoms with Crippen molar-refractivity contribution in [2.45, 2.75) is 25.4 Å². The maximum atomic E-state index is 11.9. The second-order valence-electron chi connectivity index (χ2n) is 4.47. The van der Waals surface area contributed by atoms with E-state index in [1.54, 1.807) is 0 Å². The van der Waals surface area contributed by atoms with E-state index in [0.29, 0.717) is 6.54 Å². The molecule has 0 spiro atoms. The van der Waals surface area contributed by atoms with E-state index < -0.39 is 22.9 Å². The highest BCUT2D eigenvalue weighted by Gasteiger charge is 2.31. The van der Waals surface area contributed by atoms with Gasteiger partial charge in [0.15, 0.2) is 0 Å². The van der Waals surface area contributed by atoms with Crippen molar-refractivity contribution < 1.29 is 21.6 Å². The first-order chi connectivity index (χ1) is 8.23. The van der Waals surface area contributed by atoms with Crippen molar-refractivity contribution >= 4 is 10.2 Å². The van der Waals surface area contributed by atoms with Crippen LogP contribution in [0.5, 0.6) is 0 Å². The first kappa shape index (κ1) is 15.7. The number of hydrogen-bond acceptors (Lipinski definition) is 3. The lowest BCUT2D eigenvalue weighted by molar-refractivity contribution is -0.121. The standard InChI is InChI=1S/C9H18F3N3O2S/c10-9(11,12)6-15-18(16,17)14-5-8-3-1-2-7(8)4-13/h7-8,14-15H,1-6,13H2. The number of hydrogen-bond donors (Lipinski definition) is 3. The smallest absolute Gasteiger partial charge is 0.330 e. The summed E-state index contributed by atoms with van der Waals surface area (Å²) in [4.78, 5) is 0. The van der Waals surface area contributed by atoms with Crippen molar-refractivity contribution in [3.63, 3.8) is 0 Å².